The molecule has 4 nitrogen and oxygen atoms in total. The van der Waals surface area contributed by atoms with Crippen LogP contribution in [0.25, 0.3) is 0 Å². The van der Waals surface area contributed by atoms with E-state index in [1.807, 2.05) is 0 Å². The molecule has 1 N–H and O–H groups in total. The summed E-state index contributed by atoms with van der Waals surface area (Å²) in [6.07, 6.45) is 1.06. The second-order valence-electron chi connectivity index (χ2n) is 4.96. The van der Waals surface area contributed by atoms with Crippen LogP contribution in [0.4, 0.5) is 8.78 Å². The Kier molecular flexibility index (Phi) is 5.14. The number of nitrogens with zero attached hydrogens (tertiary/aromatic N) is 1. The SMILES string of the molecule is COc1cccc(CNC2CCN(C)C2)c1OC(F)F. The van der Waals surface area contributed by atoms with Crippen molar-refractivity contribution in [3.05, 3.63) is 23.8 Å². The lowest BCUT2D eigenvalue weighted by atomic mass is 10.1. The maximum atomic E-state index is 12.5. The number of methoxy groups -OCH3 is 1. The second kappa shape index (κ2) is 6.85. The lowest BCUT2D eigenvalue weighted by Gasteiger charge is -2.17. The zero-order valence-electron chi connectivity index (χ0n) is 11.7. The highest BCUT2D eigenvalue weighted by Crippen LogP contribution is 2.32. The fraction of sp³-hybridized carbons (Fsp3) is 0.571. The number of hydrogen-bond donors (Lipinski definition) is 1. The van der Waals surface area contributed by atoms with Gasteiger partial charge in [0.2, 0.25) is 0 Å². The van der Waals surface area contributed by atoms with Crippen molar-refractivity contribution < 1.29 is 18.3 Å². The highest BCUT2D eigenvalue weighted by Gasteiger charge is 2.20. The fourth-order valence-corrected chi connectivity index (χ4v) is 2.44. The number of para-hydroxylation sites is 1. The van der Waals surface area contributed by atoms with Gasteiger partial charge in [-0.15, -0.1) is 0 Å². The number of ether oxygens (including phenoxy) is 2. The van der Waals surface area contributed by atoms with E-state index in [1.54, 1.807) is 18.2 Å². The van der Waals surface area contributed by atoms with Crippen LogP contribution in [0.5, 0.6) is 11.5 Å². The quantitative estimate of drug-likeness (QED) is 0.868. The van der Waals surface area contributed by atoms with Crippen LogP contribution in [0.2, 0.25) is 0 Å². The van der Waals surface area contributed by atoms with Crippen LogP contribution >= 0.6 is 0 Å². The van der Waals surface area contributed by atoms with Crippen LogP contribution in [0.3, 0.4) is 0 Å². The molecule has 0 amide bonds. The molecule has 2 rings (SSSR count). The molecule has 1 aromatic rings. The summed E-state index contributed by atoms with van der Waals surface area (Å²) in [6.45, 7) is -0.356. The molecule has 1 atom stereocenters. The first-order valence-corrected chi connectivity index (χ1v) is 6.62. The number of likely N-dealkylation sites (tertiary alicyclic amines) is 1. The third-order valence-corrected chi connectivity index (χ3v) is 3.46. The normalized spacial score (nSPS) is 19.6. The minimum absolute atomic E-state index is 0.115. The van der Waals surface area contributed by atoms with Gasteiger partial charge in [0.15, 0.2) is 11.5 Å². The summed E-state index contributed by atoms with van der Waals surface area (Å²) < 4.78 is 34.7. The van der Waals surface area contributed by atoms with E-state index in [4.69, 9.17) is 4.74 Å². The van der Waals surface area contributed by atoms with E-state index in [0.717, 1.165) is 19.5 Å². The molecule has 0 aliphatic carbocycles. The molecule has 1 aliphatic heterocycles. The maximum Gasteiger partial charge on any atom is 0.387 e. The third kappa shape index (κ3) is 3.80. The smallest absolute Gasteiger partial charge is 0.387 e. The first-order chi connectivity index (χ1) is 9.60. The van der Waals surface area contributed by atoms with Gasteiger partial charge >= 0.3 is 6.61 Å². The van der Waals surface area contributed by atoms with E-state index in [-0.39, 0.29) is 5.75 Å². The third-order valence-electron chi connectivity index (χ3n) is 3.46. The second-order valence-corrected chi connectivity index (χ2v) is 4.96. The van der Waals surface area contributed by atoms with Gasteiger partial charge in [0, 0.05) is 24.7 Å². The minimum Gasteiger partial charge on any atom is -0.493 e. The van der Waals surface area contributed by atoms with Crippen LogP contribution < -0.4 is 14.8 Å². The fourth-order valence-electron chi connectivity index (χ4n) is 2.44. The van der Waals surface area contributed by atoms with Gasteiger partial charge in [-0.1, -0.05) is 12.1 Å². The molecule has 0 aromatic heterocycles. The maximum absolute atomic E-state index is 12.5. The first kappa shape index (κ1) is 15.0. The average molecular weight is 286 g/mol. The van der Waals surface area contributed by atoms with Gasteiger partial charge in [-0.2, -0.15) is 8.78 Å². The zero-order valence-corrected chi connectivity index (χ0v) is 11.7. The largest absolute Gasteiger partial charge is 0.493 e. The minimum atomic E-state index is -2.86. The Hall–Kier alpha value is -1.40. The van der Waals surface area contributed by atoms with Crippen LogP contribution in [0.1, 0.15) is 12.0 Å². The van der Waals surface area contributed by atoms with E-state index in [1.165, 1.54) is 7.11 Å². The van der Waals surface area contributed by atoms with E-state index in [9.17, 15) is 8.78 Å². The number of benzene rings is 1. The molecular formula is C14H20F2N2O2. The van der Waals surface area contributed by atoms with Crippen molar-refractivity contribution in [3.8, 4) is 11.5 Å². The summed E-state index contributed by atoms with van der Waals surface area (Å²) in [6, 6.07) is 5.54. The van der Waals surface area contributed by atoms with Crippen molar-refractivity contribution in [1.82, 2.24) is 10.2 Å². The van der Waals surface area contributed by atoms with Crippen molar-refractivity contribution in [3.63, 3.8) is 0 Å². The summed E-state index contributed by atoms with van der Waals surface area (Å²) in [7, 11) is 3.51. The Balaban J connectivity index is 2.05. The lowest BCUT2D eigenvalue weighted by Crippen LogP contribution is -2.31. The Labute approximate surface area is 117 Å². The van der Waals surface area contributed by atoms with Gasteiger partial charge in [0.05, 0.1) is 7.11 Å². The number of halogens is 2. The topological polar surface area (TPSA) is 33.7 Å². The Bertz CT molecular complexity index is 443. The number of rotatable bonds is 6. The highest BCUT2D eigenvalue weighted by molar-refractivity contribution is 5.46. The van der Waals surface area contributed by atoms with Crippen LogP contribution in [-0.4, -0.2) is 44.8 Å². The van der Waals surface area contributed by atoms with E-state index in [2.05, 4.69) is 22.0 Å². The summed E-state index contributed by atoms with van der Waals surface area (Å²) in [5.41, 5.74) is 0.680. The lowest BCUT2D eigenvalue weighted by molar-refractivity contribution is -0.0518. The van der Waals surface area contributed by atoms with Gasteiger partial charge in [-0.3, -0.25) is 0 Å². The Morgan fingerprint density at radius 3 is 2.85 bits per heavy atom. The van der Waals surface area contributed by atoms with Crippen molar-refractivity contribution >= 4 is 0 Å². The number of hydrogen-bond acceptors (Lipinski definition) is 4. The molecule has 20 heavy (non-hydrogen) atoms. The predicted molar refractivity (Wildman–Crippen MR) is 72.4 cm³/mol. The van der Waals surface area contributed by atoms with Gasteiger partial charge in [0.25, 0.3) is 0 Å². The molecule has 112 valence electrons. The van der Waals surface area contributed by atoms with Crippen LogP contribution in [-0.2, 0) is 6.54 Å². The summed E-state index contributed by atoms with van der Waals surface area (Å²) in [5.74, 6) is 0.442. The van der Waals surface area contributed by atoms with Crippen molar-refractivity contribution in [2.24, 2.45) is 0 Å². The van der Waals surface area contributed by atoms with Gasteiger partial charge in [-0.25, -0.2) is 0 Å². The van der Waals surface area contributed by atoms with E-state index < -0.39 is 6.61 Å². The summed E-state index contributed by atoms with van der Waals surface area (Å²) in [5, 5.41) is 3.37. The van der Waals surface area contributed by atoms with E-state index in [0.29, 0.717) is 23.9 Å². The number of nitrogens with one attached hydrogen (secondary N) is 1. The van der Waals surface area contributed by atoms with Crippen molar-refractivity contribution in [1.29, 1.82) is 0 Å². The Morgan fingerprint density at radius 1 is 1.45 bits per heavy atom. The molecule has 1 aliphatic rings. The molecule has 1 aromatic carbocycles. The molecule has 1 heterocycles. The van der Waals surface area contributed by atoms with Gasteiger partial charge in [-0.05, 0) is 26.1 Å². The van der Waals surface area contributed by atoms with Crippen molar-refractivity contribution in [2.75, 3.05) is 27.2 Å². The molecule has 0 radical (unpaired) electrons. The van der Waals surface area contributed by atoms with Crippen LogP contribution in [0.15, 0.2) is 18.2 Å². The number of alkyl halides is 2. The number of likely N-dealkylation sites (N-methyl/N-ethyl adjacent to an activating group) is 1. The molecule has 0 spiro atoms. The Morgan fingerprint density at radius 2 is 2.25 bits per heavy atom. The zero-order chi connectivity index (χ0) is 14.5. The monoisotopic (exact) mass is 286 g/mol. The highest BCUT2D eigenvalue weighted by atomic mass is 19.3. The summed E-state index contributed by atoms with van der Waals surface area (Å²) in [4.78, 5) is 2.24. The van der Waals surface area contributed by atoms with E-state index >= 15 is 0 Å². The first-order valence-electron chi connectivity index (χ1n) is 6.62. The molecule has 0 saturated carbocycles. The predicted octanol–water partition coefficient (Wildman–Crippen LogP) is 2.09. The molecule has 1 saturated heterocycles. The molecule has 1 fully saturated rings. The standard InChI is InChI=1S/C14H20F2N2O2/c1-18-7-6-11(9-18)17-8-10-4-3-5-12(19-2)13(10)20-14(15)16/h3-5,11,14,17H,6-9H2,1-2H3. The van der Waals surface area contributed by atoms with Crippen molar-refractivity contribution in [2.45, 2.75) is 25.6 Å². The van der Waals surface area contributed by atoms with Gasteiger partial charge in [0.1, 0.15) is 0 Å². The average Bonchev–Trinajstić information content (AvgIpc) is 2.82. The molecule has 0 bridgehead atoms. The molecule has 6 heteroatoms. The molecule has 1 unspecified atom stereocenters. The van der Waals surface area contributed by atoms with Crippen LogP contribution in [0, 0.1) is 0 Å². The van der Waals surface area contributed by atoms with Gasteiger partial charge < -0.3 is 19.7 Å². The molecular weight excluding hydrogens is 266 g/mol. The summed E-state index contributed by atoms with van der Waals surface area (Å²) >= 11 is 0.